The lowest BCUT2D eigenvalue weighted by molar-refractivity contribution is -0.153. The molecule has 0 unspecified atom stereocenters. The maximum absolute atomic E-state index is 12.3. The molecular formula is C16H12BrF3O4. The minimum Gasteiger partial charge on any atom is -0.488 e. The van der Waals surface area contributed by atoms with Crippen molar-refractivity contribution >= 4 is 21.9 Å². The predicted octanol–water partition coefficient (Wildman–Crippen LogP) is 4.67. The molecule has 0 aromatic heterocycles. The van der Waals surface area contributed by atoms with Gasteiger partial charge in [0.1, 0.15) is 23.7 Å². The first-order valence-corrected chi connectivity index (χ1v) is 7.48. The molecule has 0 atom stereocenters. The summed E-state index contributed by atoms with van der Waals surface area (Å²) in [6, 6.07) is 11.4. The molecule has 0 saturated carbocycles. The summed E-state index contributed by atoms with van der Waals surface area (Å²) in [6.07, 6.45) is -4.58. The van der Waals surface area contributed by atoms with Crippen LogP contribution in [0, 0.1) is 0 Å². The fourth-order valence-corrected chi connectivity index (χ4v) is 2.28. The standard InChI is InChI=1S/C16H12BrF3O4/c17-12-6-11(15(21)22)13(24-9-16(18,19)20)7-14(12)23-8-10-4-2-1-3-5-10/h1-7H,8-9H2,(H,21,22). The highest BCUT2D eigenvalue weighted by molar-refractivity contribution is 9.10. The lowest BCUT2D eigenvalue weighted by Gasteiger charge is -2.15. The van der Waals surface area contributed by atoms with E-state index in [1.54, 1.807) is 0 Å². The number of alkyl halides is 3. The maximum Gasteiger partial charge on any atom is 0.422 e. The Morgan fingerprint density at radius 3 is 2.33 bits per heavy atom. The number of benzene rings is 2. The van der Waals surface area contributed by atoms with Crippen LogP contribution in [-0.2, 0) is 6.61 Å². The summed E-state index contributed by atoms with van der Waals surface area (Å²) in [5.74, 6) is -1.63. The molecule has 2 rings (SSSR count). The van der Waals surface area contributed by atoms with Crippen LogP contribution in [-0.4, -0.2) is 23.9 Å². The maximum atomic E-state index is 12.3. The van der Waals surface area contributed by atoms with Crippen LogP contribution in [0.15, 0.2) is 46.9 Å². The number of hydrogen-bond donors (Lipinski definition) is 1. The van der Waals surface area contributed by atoms with E-state index in [9.17, 15) is 18.0 Å². The second kappa shape index (κ2) is 7.57. The topological polar surface area (TPSA) is 55.8 Å². The van der Waals surface area contributed by atoms with Crippen molar-refractivity contribution in [2.24, 2.45) is 0 Å². The zero-order valence-electron chi connectivity index (χ0n) is 12.1. The van der Waals surface area contributed by atoms with E-state index >= 15 is 0 Å². The molecule has 8 heteroatoms. The summed E-state index contributed by atoms with van der Waals surface area (Å²) in [4.78, 5) is 11.2. The van der Waals surface area contributed by atoms with Crippen molar-refractivity contribution in [3.63, 3.8) is 0 Å². The van der Waals surface area contributed by atoms with Crippen LogP contribution in [0.2, 0.25) is 0 Å². The third kappa shape index (κ3) is 5.16. The van der Waals surface area contributed by atoms with Crippen molar-refractivity contribution in [3.05, 3.63) is 58.1 Å². The van der Waals surface area contributed by atoms with Crippen molar-refractivity contribution in [1.29, 1.82) is 0 Å². The van der Waals surface area contributed by atoms with E-state index in [-0.39, 0.29) is 12.4 Å². The molecule has 4 nitrogen and oxygen atoms in total. The zero-order valence-corrected chi connectivity index (χ0v) is 13.7. The molecule has 0 bridgehead atoms. The second-order valence-corrected chi connectivity index (χ2v) is 5.62. The van der Waals surface area contributed by atoms with E-state index in [1.165, 1.54) is 0 Å². The Balaban J connectivity index is 2.23. The van der Waals surface area contributed by atoms with Gasteiger partial charge in [-0.3, -0.25) is 0 Å². The average molecular weight is 405 g/mol. The quantitative estimate of drug-likeness (QED) is 0.759. The first kappa shape index (κ1) is 18.1. The van der Waals surface area contributed by atoms with Crippen LogP contribution in [0.4, 0.5) is 13.2 Å². The first-order valence-electron chi connectivity index (χ1n) is 6.69. The summed E-state index contributed by atoms with van der Waals surface area (Å²) in [5.41, 5.74) is 0.461. The minimum atomic E-state index is -4.58. The predicted molar refractivity (Wildman–Crippen MR) is 83.4 cm³/mol. The van der Waals surface area contributed by atoms with Crippen molar-refractivity contribution < 1.29 is 32.5 Å². The van der Waals surface area contributed by atoms with E-state index in [1.807, 2.05) is 30.3 Å². The number of hydrogen-bond acceptors (Lipinski definition) is 3. The molecule has 2 aromatic carbocycles. The van der Waals surface area contributed by atoms with E-state index in [0.717, 1.165) is 17.7 Å². The molecule has 0 saturated heterocycles. The zero-order chi connectivity index (χ0) is 17.7. The Labute approximate surface area is 143 Å². The van der Waals surface area contributed by atoms with E-state index < -0.39 is 30.1 Å². The molecule has 0 radical (unpaired) electrons. The summed E-state index contributed by atoms with van der Waals surface area (Å²) in [6.45, 7) is -1.42. The fraction of sp³-hybridized carbons (Fsp3) is 0.188. The molecule has 0 aliphatic heterocycles. The number of ether oxygens (including phenoxy) is 2. The molecule has 0 heterocycles. The van der Waals surface area contributed by atoms with Gasteiger partial charge in [-0.05, 0) is 27.6 Å². The Morgan fingerprint density at radius 1 is 1.08 bits per heavy atom. The van der Waals surface area contributed by atoms with Crippen LogP contribution < -0.4 is 9.47 Å². The number of carboxylic acid groups (broad SMARTS) is 1. The average Bonchev–Trinajstić information content (AvgIpc) is 2.52. The Kier molecular flexibility index (Phi) is 5.71. The van der Waals surface area contributed by atoms with Gasteiger partial charge in [-0.15, -0.1) is 0 Å². The van der Waals surface area contributed by atoms with Gasteiger partial charge >= 0.3 is 12.1 Å². The highest BCUT2D eigenvalue weighted by atomic mass is 79.9. The monoisotopic (exact) mass is 404 g/mol. The normalized spacial score (nSPS) is 11.2. The molecular weight excluding hydrogens is 393 g/mol. The number of halogens is 4. The van der Waals surface area contributed by atoms with Crippen LogP contribution in [0.5, 0.6) is 11.5 Å². The van der Waals surface area contributed by atoms with Crippen molar-refractivity contribution in [2.45, 2.75) is 12.8 Å². The Bertz CT molecular complexity index is 717. The number of aromatic carboxylic acids is 1. The fourth-order valence-electron chi connectivity index (χ4n) is 1.83. The van der Waals surface area contributed by atoms with Crippen LogP contribution in [0.3, 0.4) is 0 Å². The number of carboxylic acids is 1. The Hall–Kier alpha value is -2.22. The first-order chi connectivity index (χ1) is 11.3. The van der Waals surface area contributed by atoms with Gasteiger partial charge in [-0.25, -0.2) is 4.79 Å². The summed E-state index contributed by atoms with van der Waals surface area (Å²) in [5, 5.41) is 9.10. The van der Waals surface area contributed by atoms with Gasteiger partial charge in [0.2, 0.25) is 0 Å². The largest absolute Gasteiger partial charge is 0.488 e. The van der Waals surface area contributed by atoms with Crippen molar-refractivity contribution in [3.8, 4) is 11.5 Å². The second-order valence-electron chi connectivity index (χ2n) is 4.76. The summed E-state index contributed by atoms with van der Waals surface area (Å²) in [7, 11) is 0. The van der Waals surface area contributed by atoms with Crippen LogP contribution >= 0.6 is 15.9 Å². The molecule has 0 spiro atoms. The van der Waals surface area contributed by atoms with E-state index in [2.05, 4.69) is 20.7 Å². The molecule has 1 N–H and O–H groups in total. The van der Waals surface area contributed by atoms with Gasteiger partial charge in [0, 0.05) is 6.07 Å². The molecule has 0 fully saturated rings. The molecule has 0 aliphatic rings. The molecule has 2 aromatic rings. The van der Waals surface area contributed by atoms with Crippen LogP contribution in [0.25, 0.3) is 0 Å². The molecule has 128 valence electrons. The number of carbonyl (C=O) groups is 1. The SMILES string of the molecule is O=C(O)c1cc(Br)c(OCc2ccccc2)cc1OCC(F)(F)F. The van der Waals surface area contributed by atoms with E-state index in [4.69, 9.17) is 9.84 Å². The van der Waals surface area contributed by atoms with Gasteiger partial charge in [-0.2, -0.15) is 13.2 Å². The number of rotatable bonds is 6. The smallest absolute Gasteiger partial charge is 0.422 e. The van der Waals surface area contributed by atoms with Gasteiger partial charge in [-0.1, -0.05) is 30.3 Å². The van der Waals surface area contributed by atoms with Crippen LogP contribution in [0.1, 0.15) is 15.9 Å². The van der Waals surface area contributed by atoms with Gasteiger partial charge < -0.3 is 14.6 Å². The minimum absolute atomic E-state index is 0.171. The molecule has 24 heavy (non-hydrogen) atoms. The highest BCUT2D eigenvalue weighted by Crippen LogP contribution is 2.34. The van der Waals surface area contributed by atoms with Gasteiger partial charge in [0.25, 0.3) is 0 Å². The third-order valence-corrected chi connectivity index (χ3v) is 3.51. The van der Waals surface area contributed by atoms with E-state index in [0.29, 0.717) is 4.47 Å². The molecule has 0 aliphatic carbocycles. The summed E-state index contributed by atoms with van der Waals surface area (Å²) >= 11 is 3.15. The van der Waals surface area contributed by atoms with Gasteiger partial charge in [0.05, 0.1) is 4.47 Å². The Morgan fingerprint density at radius 2 is 1.75 bits per heavy atom. The lowest BCUT2D eigenvalue weighted by Crippen LogP contribution is -2.20. The lowest BCUT2D eigenvalue weighted by atomic mass is 10.2. The third-order valence-electron chi connectivity index (χ3n) is 2.89. The molecule has 0 amide bonds. The van der Waals surface area contributed by atoms with Crippen molar-refractivity contribution in [2.75, 3.05) is 6.61 Å². The summed E-state index contributed by atoms with van der Waals surface area (Å²) < 4.78 is 47.4. The van der Waals surface area contributed by atoms with Crippen molar-refractivity contribution in [1.82, 2.24) is 0 Å². The highest BCUT2D eigenvalue weighted by Gasteiger charge is 2.29. The van der Waals surface area contributed by atoms with Gasteiger partial charge in [0.15, 0.2) is 6.61 Å².